The van der Waals surface area contributed by atoms with E-state index in [0.29, 0.717) is 6.42 Å². The number of carbonyl (C=O) groups excluding carboxylic acids is 2. The molecule has 10 heteroatoms. The van der Waals surface area contributed by atoms with Crippen molar-refractivity contribution in [3.05, 3.63) is 109 Å². The van der Waals surface area contributed by atoms with Crippen LogP contribution in [-0.4, -0.2) is 49.3 Å². The van der Waals surface area contributed by atoms with Crippen LogP contribution in [0.25, 0.3) is 0 Å². The number of esters is 2. The van der Waals surface area contributed by atoms with E-state index in [1.165, 1.54) is 70.6 Å². The lowest BCUT2D eigenvalue weighted by atomic mass is 10.0. The molecule has 0 radical (unpaired) electrons. The normalized spacial score (nSPS) is 14.0. The summed E-state index contributed by atoms with van der Waals surface area (Å²) >= 11 is 0. The first-order chi connectivity index (χ1) is 33.8. The molecular formula is C59H100NO8P. The summed E-state index contributed by atoms with van der Waals surface area (Å²) in [5.41, 5.74) is 5.36. The van der Waals surface area contributed by atoms with Gasteiger partial charge >= 0.3 is 19.8 Å². The Bertz CT molecular complexity index is 1490. The van der Waals surface area contributed by atoms with Crippen LogP contribution in [0, 0.1) is 0 Å². The zero-order chi connectivity index (χ0) is 50.2. The lowest BCUT2D eigenvalue weighted by Gasteiger charge is -2.19. The van der Waals surface area contributed by atoms with Crippen molar-refractivity contribution in [1.82, 2.24) is 0 Å². The fourth-order valence-electron chi connectivity index (χ4n) is 7.10. The highest BCUT2D eigenvalue weighted by molar-refractivity contribution is 7.47. The predicted molar refractivity (Wildman–Crippen MR) is 293 cm³/mol. The van der Waals surface area contributed by atoms with Crippen molar-refractivity contribution < 1.29 is 37.6 Å². The average molecular weight is 982 g/mol. The molecule has 0 rings (SSSR count). The van der Waals surface area contributed by atoms with Crippen LogP contribution >= 0.6 is 7.82 Å². The predicted octanol–water partition coefficient (Wildman–Crippen LogP) is 17.1. The van der Waals surface area contributed by atoms with E-state index in [4.69, 9.17) is 24.3 Å². The van der Waals surface area contributed by atoms with Gasteiger partial charge in [-0.1, -0.05) is 220 Å². The Balaban J connectivity index is 3.92. The fourth-order valence-corrected chi connectivity index (χ4v) is 7.87. The highest BCUT2D eigenvalue weighted by Gasteiger charge is 2.26. The number of ether oxygens (including phenoxy) is 2. The summed E-state index contributed by atoms with van der Waals surface area (Å²) in [6.07, 6.45) is 73.0. The number of allylic oxidation sites excluding steroid dienone is 18. The van der Waals surface area contributed by atoms with Crippen molar-refractivity contribution in [3.8, 4) is 0 Å². The van der Waals surface area contributed by atoms with Gasteiger partial charge in [-0.15, -0.1) is 0 Å². The van der Waals surface area contributed by atoms with Crippen LogP contribution < -0.4 is 5.73 Å². The molecule has 0 fully saturated rings. The Morgan fingerprint density at radius 3 is 1.20 bits per heavy atom. The van der Waals surface area contributed by atoms with Gasteiger partial charge in [0, 0.05) is 19.4 Å². The highest BCUT2D eigenvalue weighted by Crippen LogP contribution is 2.43. The van der Waals surface area contributed by atoms with E-state index in [9.17, 15) is 19.0 Å². The van der Waals surface area contributed by atoms with Crippen LogP contribution in [0.1, 0.15) is 219 Å². The van der Waals surface area contributed by atoms with Gasteiger partial charge in [0.1, 0.15) is 6.61 Å². The van der Waals surface area contributed by atoms with Crippen molar-refractivity contribution >= 4 is 19.8 Å². The molecule has 0 bridgehead atoms. The molecule has 0 heterocycles. The number of unbranched alkanes of at least 4 members (excludes halogenated alkanes) is 19. The molecule has 3 N–H and O–H groups in total. The summed E-state index contributed by atoms with van der Waals surface area (Å²) in [6, 6.07) is 0. The maximum atomic E-state index is 12.6. The Hall–Kier alpha value is -3.33. The summed E-state index contributed by atoms with van der Waals surface area (Å²) in [5, 5.41) is 0. The molecule has 0 amide bonds. The van der Waals surface area contributed by atoms with Crippen molar-refractivity contribution in [1.29, 1.82) is 0 Å². The van der Waals surface area contributed by atoms with Gasteiger partial charge in [0.2, 0.25) is 0 Å². The van der Waals surface area contributed by atoms with Gasteiger partial charge in [0.15, 0.2) is 6.10 Å². The number of hydrogen-bond acceptors (Lipinski definition) is 8. The van der Waals surface area contributed by atoms with E-state index in [-0.39, 0.29) is 32.6 Å². The molecule has 394 valence electrons. The molecule has 0 spiro atoms. The Labute approximate surface area is 422 Å². The second-order valence-corrected chi connectivity index (χ2v) is 19.2. The van der Waals surface area contributed by atoms with E-state index in [2.05, 4.69) is 123 Å². The van der Waals surface area contributed by atoms with Gasteiger partial charge in [-0.25, -0.2) is 4.57 Å². The number of phosphoric ester groups is 1. The topological polar surface area (TPSA) is 134 Å². The van der Waals surface area contributed by atoms with Gasteiger partial charge in [0.05, 0.1) is 13.2 Å². The Morgan fingerprint density at radius 2 is 0.797 bits per heavy atom. The summed E-state index contributed by atoms with van der Waals surface area (Å²) in [6.45, 7) is 3.56. The lowest BCUT2D eigenvalue weighted by molar-refractivity contribution is -0.161. The van der Waals surface area contributed by atoms with Crippen LogP contribution in [-0.2, 0) is 32.7 Å². The number of nitrogens with two attached hydrogens (primary N) is 1. The van der Waals surface area contributed by atoms with E-state index in [1.54, 1.807) is 0 Å². The molecule has 2 atom stereocenters. The zero-order valence-corrected chi connectivity index (χ0v) is 44.6. The quantitative estimate of drug-likeness (QED) is 0.0264. The van der Waals surface area contributed by atoms with E-state index < -0.39 is 32.5 Å². The maximum Gasteiger partial charge on any atom is 0.472 e. The first-order valence-corrected chi connectivity index (χ1v) is 28.9. The number of hydrogen-bond donors (Lipinski definition) is 2. The standard InChI is InChI=1S/C59H100NO8P/c1-3-5-7-9-11-13-15-16-17-18-19-20-21-22-23-24-25-26-27-28-29-30-31-32-33-34-35-36-37-38-39-40-42-44-46-48-50-52-59(62)68-57(56-67-69(63,64)66-54-53-60)55-65-58(61)51-49-47-45-43-41-14-12-10-8-6-4-2/h5,7,10-13,16-17,19-20,22-23,25-26,28-29,31-32,57H,3-4,6,8-9,14-15,18,21,24,27,30,33-56,60H2,1-2H3,(H,63,64)/b7-5-,12-10-,13-11-,17-16-,20-19-,23-22-,26-25-,29-28-,32-31-. The number of rotatable bonds is 50. The zero-order valence-electron chi connectivity index (χ0n) is 43.8. The van der Waals surface area contributed by atoms with Crippen LogP contribution in [0.4, 0.5) is 0 Å². The summed E-state index contributed by atoms with van der Waals surface area (Å²) in [7, 11) is -4.39. The molecular weight excluding hydrogens is 882 g/mol. The second-order valence-electron chi connectivity index (χ2n) is 17.7. The van der Waals surface area contributed by atoms with Crippen LogP contribution in [0.2, 0.25) is 0 Å². The molecule has 69 heavy (non-hydrogen) atoms. The maximum absolute atomic E-state index is 12.6. The molecule has 0 aromatic heterocycles. The second kappa shape index (κ2) is 54.0. The molecule has 9 nitrogen and oxygen atoms in total. The van der Waals surface area contributed by atoms with E-state index >= 15 is 0 Å². The summed E-state index contributed by atoms with van der Waals surface area (Å²) in [4.78, 5) is 35.0. The molecule has 0 aliphatic carbocycles. The van der Waals surface area contributed by atoms with E-state index in [1.807, 2.05) is 0 Å². The third kappa shape index (κ3) is 53.9. The molecule has 0 aliphatic rings. The third-order valence-corrected chi connectivity index (χ3v) is 12.1. The van der Waals surface area contributed by atoms with Gasteiger partial charge in [0.25, 0.3) is 0 Å². The Morgan fingerprint density at radius 1 is 0.449 bits per heavy atom. The SMILES string of the molecule is CC/C=C\C/C=C\C/C=C\C/C=C\C/C=C\C/C=C\C/C=C\C/C=C\CCCCCCCCCCCCCCC(=O)OC(COC(=O)CCCCCCC/C=C\CCCC)COP(=O)(O)OCCN. The van der Waals surface area contributed by atoms with Gasteiger partial charge < -0.3 is 20.1 Å². The first-order valence-electron chi connectivity index (χ1n) is 27.4. The first kappa shape index (κ1) is 65.7. The monoisotopic (exact) mass is 982 g/mol. The van der Waals surface area contributed by atoms with E-state index in [0.717, 1.165) is 116 Å². The minimum Gasteiger partial charge on any atom is -0.462 e. The smallest absolute Gasteiger partial charge is 0.462 e. The lowest BCUT2D eigenvalue weighted by Crippen LogP contribution is -2.29. The number of carbonyl (C=O) groups is 2. The van der Waals surface area contributed by atoms with Crippen LogP contribution in [0.3, 0.4) is 0 Å². The largest absolute Gasteiger partial charge is 0.472 e. The van der Waals surface area contributed by atoms with Crippen LogP contribution in [0.5, 0.6) is 0 Å². The molecule has 0 saturated heterocycles. The fraction of sp³-hybridized carbons (Fsp3) is 0.661. The average Bonchev–Trinajstić information content (AvgIpc) is 3.34. The summed E-state index contributed by atoms with van der Waals surface area (Å²) < 4.78 is 32.9. The van der Waals surface area contributed by atoms with Gasteiger partial charge in [-0.3, -0.25) is 18.6 Å². The highest BCUT2D eigenvalue weighted by atomic mass is 31.2. The number of phosphoric acid groups is 1. The minimum absolute atomic E-state index is 0.0480. The van der Waals surface area contributed by atoms with Crippen molar-refractivity contribution in [2.75, 3.05) is 26.4 Å². The third-order valence-electron chi connectivity index (χ3n) is 11.1. The Kier molecular flexibility index (Phi) is 51.4. The molecule has 0 aromatic carbocycles. The molecule has 2 unspecified atom stereocenters. The molecule has 0 aliphatic heterocycles. The van der Waals surface area contributed by atoms with Crippen molar-refractivity contribution in [2.24, 2.45) is 5.73 Å². The van der Waals surface area contributed by atoms with Crippen molar-refractivity contribution in [2.45, 2.75) is 225 Å². The minimum atomic E-state index is -4.39. The molecule has 0 saturated carbocycles. The molecule has 0 aromatic rings. The van der Waals surface area contributed by atoms with Crippen molar-refractivity contribution in [3.63, 3.8) is 0 Å². The summed E-state index contributed by atoms with van der Waals surface area (Å²) in [5.74, 6) is -0.847. The van der Waals surface area contributed by atoms with Gasteiger partial charge in [-0.05, 0) is 96.3 Å². The van der Waals surface area contributed by atoms with Gasteiger partial charge in [-0.2, -0.15) is 0 Å². The van der Waals surface area contributed by atoms with Crippen LogP contribution in [0.15, 0.2) is 109 Å².